The lowest BCUT2D eigenvalue weighted by molar-refractivity contribution is -0.146. The van der Waals surface area contributed by atoms with Crippen LogP contribution in [0, 0.1) is 13.8 Å². The van der Waals surface area contributed by atoms with Gasteiger partial charge in [0.25, 0.3) is 5.91 Å². The second kappa shape index (κ2) is 9.79. The van der Waals surface area contributed by atoms with Crippen LogP contribution >= 0.6 is 11.3 Å². The number of ether oxygens (including phenoxy) is 1. The van der Waals surface area contributed by atoms with Crippen LogP contribution in [-0.4, -0.2) is 38.8 Å². The van der Waals surface area contributed by atoms with Crippen molar-refractivity contribution in [2.75, 3.05) is 4.90 Å². The number of aryl methyl sites for hydroxylation is 2. The summed E-state index contributed by atoms with van der Waals surface area (Å²) in [4.78, 5) is 49.1. The lowest BCUT2D eigenvalue weighted by Crippen LogP contribution is -2.31. The number of carbonyl (C=O) groups is 3. The minimum Gasteiger partial charge on any atom is -0.503 e. The number of aliphatic hydroxyl groups is 1. The maximum atomic E-state index is 13.6. The molecule has 2 aromatic heterocycles. The minimum atomic E-state index is -0.873. The van der Waals surface area contributed by atoms with Crippen molar-refractivity contribution in [1.29, 1.82) is 0 Å². The second-order valence-corrected chi connectivity index (χ2v) is 9.69. The Bertz CT molecular complexity index is 1310. The third-order valence-electron chi connectivity index (χ3n) is 5.49. The first-order chi connectivity index (χ1) is 16.7. The number of Topliss-reactive ketones (excluding diaryl/α,β-unsaturated/α-hetero) is 1. The summed E-state index contributed by atoms with van der Waals surface area (Å²) >= 11 is 1.22. The smallest absolute Gasteiger partial charge is 0.310 e. The van der Waals surface area contributed by atoms with Crippen molar-refractivity contribution in [1.82, 2.24) is 9.97 Å². The molecular weight excluding hydrogens is 466 g/mol. The summed E-state index contributed by atoms with van der Waals surface area (Å²) in [5.74, 6) is -2.07. The van der Waals surface area contributed by atoms with Crippen LogP contribution in [-0.2, 0) is 20.7 Å². The van der Waals surface area contributed by atoms with Crippen LogP contribution in [0.15, 0.2) is 60.1 Å². The molecular formula is C26H25N3O5S. The van der Waals surface area contributed by atoms with Gasteiger partial charge in [0.1, 0.15) is 0 Å². The largest absolute Gasteiger partial charge is 0.503 e. The molecule has 0 bridgehead atoms. The molecule has 0 saturated carbocycles. The number of amides is 1. The van der Waals surface area contributed by atoms with Crippen LogP contribution in [0.4, 0.5) is 5.69 Å². The summed E-state index contributed by atoms with van der Waals surface area (Å²) in [5.41, 5.74) is 2.30. The maximum Gasteiger partial charge on any atom is 0.310 e. The molecule has 1 aliphatic heterocycles. The number of thiazole rings is 1. The SMILES string of the molecule is Cc1nc(C)c(C(=O)C2=C(O)C(=O)N(c3ccc(CC(=O)OC(C)C)cc3)C2c2cccnc2)s1. The fourth-order valence-corrected chi connectivity index (χ4v) is 4.94. The van der Waals surface area contributed by atoms with E-state index in [0.717, 1.165) is 5.01 Å². The van der Waals surface area contributed by atoms with Crippen molar-refractivity contribution in [2.45, 2.75) is 46.3 Å². The van der Waals surface area contributed by atoms with Crippen molar-refractivity contribution in [3.63, 3.8) is 0 Å². The molecule has 4 rings (SSSR count). The van der Waals surface area contributed by atoms with Crippen molar-refractivity contribution in [3.8, 4) is 0 Å². The standard InChI is InChI=1S/C26H25N3O5S/c1-14(2)34-20(30)12-17-7-9-19(10-8-17)29-22(18-6-5-11-27-13-18)21(24(32)26(29)33)23(31)25-15(3)28-16(4)35-25/h5-11,13-14,22,32H,12H2,1-4H3. The molecule has 35 heavy (non-hydrogen) atoms. The van der Waals surface area contributed by atoms with E-state index in [2.05, 4.69) is 9.97 Å². The normalized spacial score (nSPS) is 15.7. The third kappa shape index (κ3) is 4.85. The summed E-state index contributed by atoms with van der Waals surface area (Å²) < 4.78 is 5.19. The summed E-state index contributed by atoms with van der Waals surface area (Å²) in [6.45, 7) is 7.09. The van der Waals surface area contributed by atoms with Crippen molar-refractivity contribution < 1.29 is 24.2 Å². The molecule has 0 aliphatic carbocycles. The zero-order valence-electron chi connectivity index (χ0n) is 19.8. The predicted molar refractivity (Wildman–Crippen MR) is 131 cm³/mol. The van der Waals surface area contributed by atoms with Gasteiger partial charge in [0, 0.05) is 18.1 Å². The predicted octanol–water partition coefficient (Wildman–Crippen LogP) is 4.43. The average Bonchev–Trinajstić information content (AvgIpc) is 3.29. The van der Waals surface area contributed by atoms with Gasteiger partial charge in [-0.15, -0.1) is 11.3 Å². The Morgan fingerprint density at radius 1 is 1.17 bits per heavy atom. The van der Waals surface area contributed by atoms with Gasteiger partial charge >= 0.3 is 5.97 Å². The average molecular weight is 492 g/mol. The maximum absolute atomic E-state index is 13.6. The molecule has 1 amide bonds. The fraction of sp³-hybridized carbons (Fsp3) is 0.269. The number of carbonyl (C=O) groups excluding carboxylic acids is 3. The molecule has 180 valence electrons. The number of hydrogen-bond acceptors (Lipinski definition) is 8. The topological polar surface area (TPSA) is 110 Å². The van der Waals surface area contributed by atoms with E-state index in [1.807, 2.05) is 0 Å². The van der Waals surface area contributed by atoms with Crippen molar-refractivity contribution in [2.24, 2.45) is 0 Å². The number of pyridine rings is 1. The van der Waals surface area contributed by atoms with Crippen molar-refractivity contribution >= 4 is 34.7 Å². The molecule has 9 heteroatoms. The highest BCUT2D eigenvalue weighted by atomic mass is 32.1. The number of aromatic nitrogens is 2. The molecule has 1 unspecified atom stereocenters. The van der Waals surface area contributed by atoms with Crippen LogP contribution in [0.25, 0.3) is 0 Å². The molecule has 1 N–H and O–H groups in total. The van der Waals surface area contributed by atoms with Crippen LogP contribution in [0.5, 0.6) is 0 Å². The van der Waals surface area contributed by atoms with Crippen LogP contribution in [0.3, 0.4) is 0 Å². The first-order valence-corrected chi connectivity index (χ1v) is 11.9. The Balaban J connectivity index is 1.72. The van der Waals surface area contributed by atoms with E-state index in [-0.39, 0.29) is 24.1 Å². The molecule has 0 spiro atoms. The Morgan fingerprint density at radius 3 is 2.46 bits per heavy atom. The molecule has 1 aromatic carbocycles. The van der Waals surface area contributed by atoms with Gasteiger partial charge in [-0.05, 0) is 57.0 Å². The van der Waals surface area contributed by atoms with E-state index in [4.69, 9.17) is 4.74 Å². The summed E-state index contributed by atoms with van der Waals surface area (Å²) in [7, 11) is 0. The number of aliphatic hydroxyl groups excluding tert-OH is 1. The number of hydrogen-bond donors (Lipinski definition) is 1. The van der Waals surface area contributed by atoms with E-state index >= 15 is 0 Å². The highest BCUT2D eigenvalue weighted by molar-refractivity contribution is 7.14. The monoisotopic (exact) mass is 491 g/mol. The molecule has 3 aromatic rings. The molecule has 3 heterocycles. The zero-order valence-corrected chi connectivity index (χ0v) is 20.6. The molecule has 0 radical (unpaired) electrons. The number of nitrogens with zero attached hydrogens (tertiary/aromatic N) is 3. The highest BCUT2D eigenvalue weighted by Crippen LogP contribution is 2.42. The molecule has 0 fully saturated rings. The van der Waals surface area contributed by atoms with Gasteiger partial charge in [0.2, 0.25) is 5.78 Å². The van der Waals surface area contributed by atoms with Gasteiger partial charge in [-0.2, -0.15) is 0 Å². The number of benzene rings is 1. The Hall–Kier alpha value is -3.85. The van der Waals surface area contributed by atoms with E-state index in [1.54, 1.807) is 76.5 Å². The highest BCUT2D eigenvalue weighted by Gasteiger charge is 2.45. The van der Waals surface area contributed by atoms with Gasteiger partial charge in [0.15, 0.2) is 5.76 Å². The lowest BCUT2D eigenvalue weighted by Gasteiger charge is -2.26. The zero-order chi connectivity index (χ0) is 25.3. The van der Waals surface area contributed by atoms with Crippen molar-refractivity contribution in [3.05, 3.63) is 86.8 Å². The van der Waals surface area contributed by atoms with Crippen LogP contribution in [0.2, 0.25) is 0 Å². The number of ketones is 1. The summed E-state index contributed by atoms with van der Waals surface area (Å²) in [6, 6.07) is 9.40. The molecule has 8 nitrogen and oxygen atoms in total. The van der Waals surface area contributed by atoms with E-state index < -0.39 is 23.5 Å². The second-order valence-electron chi connectivity index (χ2n) is 8.48. The lowest BCUT2D eigenvalue weighted by atomic mass is 9.96. The Kier molecular flexibility index (Phi) is 6.79. The number of anilines is 1. The van der Waals surface area contributed by atoms with Crippen LogP contribution in [0.1, 0.15) is 51.4 Å². The van der Waals surface area contributed by atoms with Crippen LogP contribution < -0.4 is 4.90 Å². The van der Waals surface area contributed by atoms with Gasteiger partial charge in [-0.25, -0.2) is 4.98 Å². The summed E-state index contributed by atoms with van der Waals surface area (Å²) in [5, 5.41) is 11.6. The molecule has 1 atom stereocenters. The van der Waals surface area contributed by atoms with Gasteiger partial charge in [-0.1, -0.05) is 18.2 Å². The third-order valence-corrected chi connectivity index (χ3v) is 6.56. The minimum absolute atomic E-state index is 0.0145. The first kappa shape index (κ1) is 24.3. The van der Waals surface area contributed by atoms with E-state index in [1.165, 1.54) is 16.2 Å². The fourth-order valence-electron chi connectivity index (χ4n) is 4.07. The summed E-state index contributed by atoms with van der Waals surface area (Å²) in [6.07, 6.45) is 3.05. The Labute approximate surface area is 206 Å². The number of rotatable bonds is 7. The van der Waals surface area contributed by atoms with E-state index in [0.29, 0.717) is 27.4 Å². The first-order valence-electron chi connectivity index (χ1n) is 11.1. The Morgan fingerprint density at radius 2 is 1.89 bits per heavy atom. The molecule has 1 aliphatic rings. The quantitative estimate of drug-likeness (QED) is 0.384. The van der Waals surface area contributed by atoms with Gasteiger partial charge in [0.05, 0.1) is 39.7 Å². The van der Waals surface area contributed by atoms with E-state index in [9.17, 15) is 19.5 Å². The number of esters is 1. The van der Waals surface area contributed by atoms with Gasteiger partial charge in [-0.3, -0.25) is 24.3 Å². The molecule has 0 saturated heterocycles. The van der Waals surface area contributed by atoms with Gasteiger partial charge < -0.3 is 9.84 Å².